The van der Waals surface area contributed by atoms with E-state index in [1.807, 2.05) is 6.92 Å². The molecular weight excluding hydrogens is 238 g/mol. The first-order valence-electron chi connectivity index (χ1n) is 5.46. The van der Waals surface area contributed by atoms with Gasteiger partial charge in [-0.15, -0.1) is 0 Å². The zero-order valence-corrected chi connectivity index (χ0v) is 9.67. The van der Waals surface area contributed by atoms with Crippen LogP contribution in [0.5, 0.6) is 0 Å². The number of nitrogens with one attached hydrogen (secondary N) is 1. The number of nitro benzene ring substituents is 1. The maximum absolute atomic E-state index is 12.1. The minimum absolute atomic E-state index is 0.0597. The summed E-state index contributed by atoms with van der Waals surface area (Å²) in [7, 11) is 0. The lowest BCUT2D eigenvalue weighted by Crippen LogP contribution is -2.35. The van der Waals surface area contributed by atoms with Gasteiger partial charge in [0.1, 0.15) is 5.39 Å². The van der Waals surface area contributed by atoms with Crippen LogP contribution in [0.15, 0.2) is 27.8 Å². The van der Waals surface area contributed by atoms with Crippen LogP contribution >= 0.6 is 0 Å². The van der Waals surface area contributed by atoms with E-state index in [4.69, 9.17) is 0 Å². The van der Waals surface area contributed by atoms with Crippen molar-refractivity contribution in [1.82, 2.24) is 9.55 Å². The fraction of sp³-hybridized carbons (Fsp3) is 0.273. The highest BCUT2D eigenvalue weighted by Gasteiger charge is 2.17. The summed E-state index contributed by atoms with van der Waals surface area (Å²) in [5.41, 5.74) is -1.28. The van der Waals surface area contributed by atoms with Crippen molar-refractivity contribution < 1.29 is 4.92 Å². The lowest BCUT2D eigenvalue weighted by atomic mass is 10.2. The molecule has 2 rings (SSSR count). The maximum Gasteiger partial charge on any atom is 0.328 e. The Morgan fingerprint density at radius 1 is 1.39 bits per heavy atom. The molecule has 1 aromatic carbocycles. The van der Waals surface area contributed by atoms with Gasteiger partial charge >= 0.3 is 5.69 Å². The number of fused-ring (bicyclic) bond motifs is 1. The van der Waals surface area contributed by atoms with Gasteiger partial charge in [-0.2, -0.15) is 0 Å². The number of non-ortho nitro benzene ring substituents is 1. The van der Waals surface area contributed by atoms with Crippen molar-refractivity contribution in [3.8, 4) is 0 Å². The van der Waals surface area contributed by atoms with Crippen LogP contribution in [0.3, 0.4) is 0 Å². The molecule has 0 atom stereocenters. The van der Waals surface area contributed by atoms with Gasteiger partial charge in [-0.3, -0.25) is 19.5 Å². The normalized spacial score (nSPS) is 10.7. The molecule has 0 radical (unpaired) electrons. The molecule has 0 fully saturated rings. The Kier molecular flexibility index (Phi) is 2.97. The average Bonchev–Trinajstić information content (AvgIpc) is 2.33. The molecule has 2 aromatic rings. The number of H-pyrrole nitrogens is 1. The lowest BCUT2D eigenvalue weighted by Gasteiger charge is -2.04. The minimum Gasteiger partial charge on any atom is -0.306 e. The third kappa shape index (κ3) is 1.79. The van der Waals surface area contributed by atoms with E-state index in [9.17, 15) is 19.7 Å². The minimum atomic E-state index is -0.627. The molecule has 1 heterocycles. The molecule has 1 N–H and O–H groups in total. The summed E-state index contributed by atoms with van der Waals surface area (Å²) in [6.07, 6.45) is 0.592. The topological polar surface area (TPSA) is 98.0 Å². The number of nitro groups is 1. The summed E-state index contributed by atoms with van der Waals surface area (Å²) < 4.78 is 0.981. The molecule has 0 aliphatic rings. The molecule has 94 valence electrons. The number of benzene rings is 1. The van der Waals surface area contributed by atoms with Gasteiger partial charge < -0.3 is 4.98 Å². The molecule has 0 aliphatic carbocycles. The van der Waals surface area contributed by atoms with Gasteiger partial charge in [0, 0.05) is 12.6 Å². The second-order valence-corrected chi connectivity index (χ2v) is 3.84. The zero-order chi connectivity index (χ0) is 13.3. The second-order valence-electron chi connectivity index (χ2n) is 3.84. The van der Waals surface area contributed by atoms with Crippen LogP contribution in [-0.4, -0.2) is 14.5 Å². The Balaban J connectivity index is 2.94. The zero-order valence-electron chi connectivity index (χ0n) is 9.67. The van der Waals surface area contributed by atoms with Crippen LogP contribution in [0.25, 0.3) is 10.9 Å². The summed E-state index contributed by atoms with van der Waals surface area (Å²) >= 11 is 0. The van der Waals surface area contributed by atoms with Crippen molar-refractivity contribution >= 4 is 16.6 Å². The first-order chi connectivity index (χ1) is 8.56. The number of aromatic amines is 1. The molecular formula is C11H11N3O4. The van der Waals surface area contributed by atoms with E-state index in [-0.39, 0.29) is 23.1 Å². The highest BCUT2D eigenvalue weighted by Crippen LogP contribution is 2.19. The molecule has 18 heavy (non-hydrogen) atoms. The van der Waals surface area contributed by atoms with Crippen molar-refractivity contribution in [2.45, 2.75) is 19.9 Å². The summed E-state index contributed by atoms with van der Waals surface area (Å²) in [6, 6.07) is 4.15. The van der Waals surface area contributed by atoms with Gasteiger partial charge in [0.25, 0.3) is 11.2 Å². The molecule has 0 amide bonds. The third-order valence-corrected chi connectivity index (χ3v) is 2.63. The first kappa shape index (κ1) is 12.0. The highest BCUT2D eigenvalue weighted by molar-refractivity contribution is 5.86. The summed E-state index contributed by atoms with van der Waals surface area (Å²) in [5, 5.41) is 10.8. The Labute approximate surface area is 101 Å². The number of aromatic nitrogens is 2. The van der Waals surface area contributed by atoms with Crippen LogP contribution < -0.4 is 11.2 Å². The standard InChI is InChI=1S/C11H11N3O4/c1-2-6-13-10(15)9-7(12-11(13)16)4-3-5-8(9)14(17)18/h3-5H,2,6H2,1H3,(H,12,16). The van der Waals surface area contributed by atoms with E-state index in [0.717, 1.165) is 4.57 Å². The molecule has 0 aliphatic heterocycles. The Bertz CT molecular complexity index is 729. The largest absolute Gasteiger partial charge is 0.328 e. The quantitative estimate of drug-likeness (QED) is 0.648. The Morgan fingerprint density at radius 3 is 2.72 bits per heavy atom. The summed E-state index contributed by atoms with van der Waals surface area (Å²) in [4.78, 5) is 36.5. The van der Waals surface area contributed by atoms with Gasteiger partial charge in [0.2, 0.25) is 0 Å². The van der Waals surface area contributed by atoms with Crippen molar-refractivity contribution in [3.63, 3.8) is 0 Å². The average molecular weight is 249 g/mol. The van der Waals surface area contributed by atoms with Crippen LogP contribution in [0.4, 0.5) is 5.69 Å². The van der Waals surface area contributed by atoms with Gasteiger partial charge in [0.15, 0.2) is 0 Å². The van der Waals surface area contributed by atoms with Gasteiger partial charge in [-0.25, -0.2) is 4.79 Å². The summed E-state index contributed by atoms with van der Waals surface area (Å²) in [6.45, 7) is 2.05. The highest BCUT2D eigenvalue weighted by atomic mass is 16.6. The van der Waals surface area contributed by atoms with E-state index < -0.39 is 16.2 Å². The molecule has 1 aromatic heterocycles. The second kappa shape index (κ2) is 4.44. The van der Waals surface area contributed by atoms with Crippen molar-refractivity contribution in [2.24, 2.45) is 0 Å². The number of hydrogen-bond acceptors (Lipinski definition) is 4. The monoisotopic (exact) mass is 249 g/mol. The van der Waals surface area contributed by atoms with Gasteiger partial charge in [0.05, 0.1) is 10.4 Å². The molecule has 0 unspecified atom stereocenters. The number of rotatable bonds is 3. The lowest BCUT2D eigenvalue weighted by molar-refractivity contribution is -0.383. The molecule has 0 saturated carbocycles. The first-order valence-corrected chi connectivity index (χ1v) is 5.46. The van der Waals surface area contributed by atoms with E-state index in [1.54, 1.807) is 0 Å². The molecule has 7 heteroatoms. The van der Waals surface area contributed by atoms with E-state index in [1.165, 1.54) is 18.2 Å². The molecule has 0 saturated heterocycles. The maximum atomic E-state index is 12.1. The van der Waals surface area contributed by atoms with Crippen LogP contribution in [0, 0.1) is 10.1 Å². The van der Waals surface area contributed by atoms with Crippen LogP contribution in [-0.2, 0) is 6.54 Å². The number of hydrogen-bond donors (Lipinski definition) is 1. The van der Waals surface area contributed by atoms with Crippen LogP contribution in [0.2, 0.25) is 0 Å². The predicted octanol–water partition coefficient (Wildman–Crippen LogP) is 1.01. The van der Waals surface area contributed by atoms with Gasteiger partial charge in [-0.1, -0.05) is 13.0 Å². The molecule has 0 bridgehead atoms. The van der Waals surface area contributed by atoms with E-state index >= 15 is 0 Å². The van der Waals surface area contributed by atoms with E-state index in [0.29, 0.717) is 6.42 Å². The van der Waals surface area contributed by atoms with Crippen molar-refractivity contribution in [1.29, 1.82) is 0 Å². The number of nitrogens with zero attached hydrogens (tertiary/aromatic N) is 2. The van der Waals surface area contributed by atoms with Crippen molar-refractivity contribution in [3.05, 3.63) is 49.2 Å². The van der Waals surface area contributed by atoms with Gasteiger partial charge in [-0.05, 0) is 12.5 Å². The van der Waals surface area contributed by atoms with Crippen molar-refractivity contribution in [2.75, 3.05) is 0 Å². The fourth-order valence-electron chi connectivity index (χ4n) is 1.86. The van der Waals surface area contributed by atoms with Crippen LogP contribution in [0.1, 0.15) is 13.3 Å². The van der Waals surface area contributed by atoms with E-state index in [2.05, 4.69) is 4.98 Å². The smallest absolute Gasteiger partial charge is 0.306 e. The fourth-order valence-corrected chi connectivity index (χ4v) is 1.86. The third-order valence-electron chi connectivity index (χ3n) is 2.63. The Hall–Kier alpha value is -2.44. The molecule has 0 spiro atoms. The molecule has 7 nitrogen and oxygen atoms in total. The Morgan fingerprint density at radius 2 is 2.11 bits per heavy atom. The summed E-state index contributed by atoms with van der Waals surface area (Å²) in [5.74, 6) is 0. The predicted molar refractivity (Wildman–Crippen MR) is 65.8 cm³/mol. The SMILES string of the molecule is CCCn1c(=O)[nH]c2cccc([N+](=O)[O-])c2c1=O.